The first-order valence-electron chi connectivity index (χ1n) is 8.18. The fourth-order valence-electron chi connectivity index (χ4n) is 2.43. The molecule has 0 bridgehead atoms. The molecule has 0 saturated heterocycles. The maximum atomic E-state index is 13.1. The minimum atomic E-state index is -0.409. The monoisotopic (exact) mass is 384 g/mol. The second-order valence-electron chi connectivity index (χ2n) is 5.84. The lowest BCUT2D eigenvalue weighted by Crippen LogP contribution is -2.19. The Morgan fingerprint density at radius 3 is 2.58 bits per heavy atom. The highest BCUT2D eigenvalue weighted by atomic mass is 32.2. The lowest BCUT2D eigenvalue weighted by molar-refractivity contribution is -0.115. The molecule has 134 valence electrons. The fraction of sp³-hybridized carbons (Fsp3) is 0.211. The molecule has 0 saturated carbocycles. The molecule has 3 rings (SSSR count). The van der Waals surface area contributed by atoms with Crippen LogP contribution in [0, 0.1) is 13.8 Å². The van der Waals surface area contributed by atoms with Gasteiger partial charge in [0.15, 0.2) is 4.34 Å². The smallest absolute Gasteiger partial charge is 0.242 e. The van der Waals surface area contributed by atoms with Crippen LogP contribution in [0.3, 0.4) is 0 Å². The maximum Gasteiger partial charge on any atom is 0.242 e. The molecule has 0 unspecified atom stereocenters. The van der Waals surface area contributed by atoms with Crippen molar-refractivity contribution in [2.45, 2.75) is 23.4 Å². The zero-order valence-corrected chi connectivity index (χ0v) is 16.4. The van der Waals surface area contributed by atoms with Crippen molar-refractivity contribution in [3.8, 4) is 0 Å². The van der Waals surface area contributed by atoms with Gasteiger partial charge in [0.1, 0.15) is 5.25 Å². The van der Waals surface area contributed by atoms with Gasteiger partial charge in [0.2, 0.25) is 11.0 Å². The van der Waals surface area contributed by atoms with Gasteiger partial charge in [-0.3, -0.25) is 4.79 Å². The summed E-state index contributed by atoms with van der Waals surface area (Å²) in [6.07, 6.45) is 0. The average molecular weight is 385 g/mol. The third kappa shape index (κ3) is 4.42. The zero-order valence-electron chi connectivity index (χ0n) is 14.8. The highest BCUT2D eigenvalue weighted by molar-refractivity contribution is 8.02. The van der Waals surface area contributed by atoms with E-state index in [0.717, 1.165) is 31.8 Å². The molecule has 1 heterocycles. The molecule has 2 aromatic carbocycles. The van der Waals surface area contributed by atoms with Gasteiger partial charge in [-0.1, -0.05) is 65.6 Å². The molecular formula is C19H20N4OS2. The maximum absolute atomic E-state index is 13.1. The number of thioether (sulfide) groups is 1. The van der Waals surface area contributed by atoms with Crippen LogP contribution >= 0.6 is 23.1 Å². The van der Waals surface area contributed by atoms with Crippen LogP contribution in [0.2, 0.25) is 0 Å². The number of hydrogen-bond acceptors (Lipinski definition) is 6. The number of anilines is 2. The van der Waals surface area contributed by atoms with Crippen molar-refractivity contribution < 1.29 is 4.79 Å². The molecule has 5 nitrogen and oxygen atoms in total. The summed E-state index contributed by atoms with van der Waals surface area (Å²) >= 11 is 2.84. The van der Waals surface area contributed by atoms with Crippen molar-refractivity contribution in [3.63, 3.8) is 0 Å². The summed E-state index contributed by atoms with van der Waals surface area (Å²) < 4.78 is 0.749. The van der Waals surface area contributed by atoms with E-state index < -0.39 is 5.25 Å². The SMILES string of the molecule is CNc1nnc(S[C@@H](C(=O)Nc2cc(C)ccc2C)c2ccccc2)s1. The third-order valence-electron chi connectivity index (χ3n) is 3.83. The van der Waals surface area contributed by atoms with Gasteiger partial charge >= 0.3 is 0 Å². The number of nitrogens with zero attached hydrogens (tertiary/aromatic N) is 2. The molecule has 7 heteroatoms. The number of amides is 1. The number of aryl methyl sites for hydroxylation is 2. The van der Waals surface area contributed by atoms with E-state index in [1.54, 1.807) is 7.05 Å². The predicted molar refractivity (Wildman–Crippen MR) is 109 cm³/mol. The topological polar surface area (TPSA) is 66.9 Å². The van der Waals surface area contributed by atoms with Crippen molar-refractivity contribution in [1.29, 1.82) is 0 Å². The van der Waals surface area contributed by atoms with Crippen LogP contribution in [0.4, 0.5) is 10.8 Å². The van der Waals surface area contributed by atoms with Crippen molar-refractivity contribution >= 4 is 39.8 Å². The Labute approximate surface area is 161 Å². The lowest BCUT2D eigenvalue weighted by atomic mass is 10.1. The predicted octanol–water partition coefficient (Wildman–Crippen LogP) is 4.67. The number of aromatic nitrogens is 2. The van der Waals surface area contributed by atoms with Gasteiger partial charge in [-0.05, 0) is 36.6 Å². The molecule has 2 N–H and O–H groups in total. The second kappa shape index (κ2) is 8.33. The van der Waals surface area contributed by atoms with Gasteiger partial charge in [-0.15, -0.1) is 10.2 Å². The number of nitrogens with one attached hydrogen (secondary N) is 2. The fourth-order valence-corrected chi connectivity index (χ4v) is 4.33. The number of benzene rings is 2. The van der Waals surface area contributed by atoms with Crippen LogP contribution in [-0.4, -0.2) is 23.2 Å². The van der Waals surface area contributed by atoms with E-state index in [0.29, 0.717) is 0 Å². The van der Waals surface area contributed by atoms with E-state index in [4.69, 9.17) is 0 Å². The summed E-state index contributed by atoms with van der Waals surface area (Å²) in [6.45, 7) is 4.00. The van der Waals surface area contributed by atoms with E-state index >= 15 is 0 Å². The van der Waals surface area contributed by atoms with Crippen molar-refractivity contribution in [1.82, 2.24) is 10.2 Å². The molecule has 0 spiro atoms. The van der Waals surface area contributed by atoms with Crippen LogP contribution < -0.4 is 10.6 Å². The van der Waals surface area contributed by atoms with E-state index in [9.17, 15) is 4.79 Å². The number of hydrogen-bond donors (Lipinski definition) is 2. The Kier molecular flexibility index (Phi) is 5.90. The van der Waals surface area contributed by atoms with E-state index in [2.05, 4.69) is 20.8 Å². The van der Waals surface area contributed by atoms with Gasteiger partial charge < -0.3 is 10.6 Å². The zero-order chi connectivity index (χ0) is 18.5. The first-order valence-corrected chi connectivity index (χ1v) is 9.87. The summed E-state index contributed by atoms with van der Waals surface area (Å²) in [6, 6.07) is 15.8. The van der Waals surface area contributed by atoms with E-state index in [-0.39, 0.29) is 5.91 Å². The standard InChI is InChI=1S/C19H20N4OS2/c1-12-9-10-13(2)15(11-12)21-17(24)16(14-7-5-4-6-8-14)25-19-23-22-18(20-3)26-19/h4-11,16H,1-3H3,(H,20,22)(H,21,24)/t16-/m1/s1. The Bertz CT molecular complexity index is 896. The van der Waals surface area contributed by atoms with Gasteiger partial charge in [0, 0.05) is 12.7 Å². The molecule has 26 heavy (non-hydrogen) atoms. The summed E-state index contributed by atoms with van der Waals surface area (Å²) in [5.74, 6) is -0.0730. The summed E-state index contributed by atoms with van der Waals surface area (Å²) in [7, 11) is 1.80. The molecule has 0 radical (unpaired) electrons. The molecule has 0 aliphatic heterocycles. The Balaban J connectivity index is 1.87. The minimum Gasteiger partial charge on any atom is -0.363 e. The van der Waals surface area contributed by atoms with Crippen LogP contribution in [0.5, 0.6) is 0 Å². The van der Waals surface area contributed by atoms with E-state index in [1.165, 1.54) is 23.1 Å². The first kappa shape index (κ1) is 18.4. The highest BCUT2D eigenvalue weighted by Crippen LogP contribution is 2.38. The lowest BCUT2D eigenvalue weighted by Gasteiger charge is -2.17. The molecule has 1 atom stereocenters. The van der Waals surface area contributed by atoms with Gasteiger partial charge in [0.25, 0.3) is 0 Å². The quantitative estimate of drug-likeness (QED) is 0.605. The van der Waals surface area contributed by atoms with Crippen LogP contribution in [0.15, 0.2) is 52.9 Å². The largest absolute Gasteiger partial charge is 0.363 e. The van der Waals surface area contributed by atoms with Crippen molar-refractivity contribution in [2.75, 3.05) is 17.7 Å². The highest BCUT2D eigenvalue weighted by Gasteiger charge is 2.24. The Hall–Kier alpha value is -2.38. The molecule has 0 fully saturated rings. The summed E-state index contributed by atoms with van der Waals surface area (Å²) in [4.78, 5) is 13.1. The molecule has 0 aliphatic rings. The van der Waals surface area contributed by atoms with E-state index in [1.807, 2.05) is 62.4 Å². The molecule has 1 aromatic heterocycles. The van der Waals surface area contributed by atoms with Crippen LogP contribution in [0.1, 0.15) is 21.9 Å². The molecule has 3 aromatic rings. The first-order chi connectivity index (χ1) is 12.6. The minimum absolute atomic E-state index is 0.0730. The Morgan fingerprint density at radius 2 is 1.88 bits per heavy atom. The summed E-state index contributed by atoms with van der Waals surface area (Å²) in [5.41, 5.74) is 3.91. The number of carbonyl (C=O) groups excluding carboxylic acids is 1. The average Bonchev–Trinajstić information content (AvgIpc) is 3.11. The molecule has 0 aliphatic carbocycles. The normalized spacial score (nSPS) is 11.8. The second-order valence-corrected chi connectivity index (χ2v) is 8.17. The summed E-state index contributed by atoms with van der Waals surface area (Å²) in [5, 5.41) is 14.6. The molecular weight excluding hydrogens is 364 g/mol. The van der Waals surface area contributed by atoms with Crippen molar-refractivity contribution in [3.05, 3.63) is 65.2 Å². The van der Waals surface area contributed by atoms with Crippen LogP contribution in [-0.2, 0) is 4.79 Å². The van der Waals surface area contributed by atoms with Gasteiger partial charge in [-0.25, -0.2) is 0 Å². The number of carbonyl (C=O) groups is 1. The number of rotatable bonds is 6. The molecule has 1 amide bonds. The Morgan fingerprint density at radius 1 is 1.12 bits per heavy atom. The van der Waals surface area contributed by atoms with Gasteiger partial charge in [-0.2, -0.15) is 0 Å². The van der Waals surface area contributed by atoms with Crippen molar-refractivity contribution in [2.24, 2.45) is 0 Å². The third-order valence-corrected chi connectivity index (χ3v) is 6.11. The van der Waals surface area contributed by atoms with Gasteiger partial charge in [0.05, 0.1) is 0 Å². The van der Waals surface area contributed by atoms with Crippen LogP contribution in [0.25, 0.3) is 0 Å².